The van der Waals surface area contributed by atoms with Crippen LogP contribution in [0.5, 0.6) is 0 Å². The van der Waals surface area contributed by atoms with Gasteiger partial charge in [-0.25, -0.2) is 0 Å². The molecule has 3 N–H and O–H groups in total. The van der Waals surface area contributed by atoms with Crippen molar-refractivity contribution in [3.8, 4) is 0 Å². The molecule has 6 heteroatoms. The summed E-state index contributed by atoms with van der Waals surface area (Å²) in [5, 5.41) is 2.73. The average molecular weight is 263 g/mol. The molecule has 1 rings (SSSR count). The van der Waals surface area contributed by atoms with Crippen molar-refractivity contribution in [2.75, 3.05) is 6.54 Å². The van der Waals surface area contributed by atoms with Crippen LogP contribution in [0, 0.1) is 0 Å². The van der Waals surface area contributed by atoms with Crippen molar-refractivity contribution < 1.29 is 9.59 Å². The van der Waals surface area contributed by atoms with Crippen molar-refractivity contribution in [1.82, 2.24) is 5.32 Å². The van der Waals surface area contributed by atoms with Crippen molar-refractivity contribution in [3.05, 3.63) is 21.9 Å². The Labute approximate surface area is 105 Å². The van der Waals surface area contributed by atoms with Crippen molar-refractivity contribution in [2.24, 2.45) is 5.73 Å². The molecule has 0 saturated heterocycles. The second-order valence-electron chi connectivity index (χ2n) is 3.33. The molecular weight excluding hydrogens is 248 g/mol. The number of Topliss-reactive ketones (excluding diaryl/α,β-unsaturated/α-hetero) is 1. The van der Waals surface area contributed by atoms with E-state index in [0.29, 0.717) is 16.3 Å². The third-order valence-electron chi connectivity index (χ3n) is 1.91. The number of rotatable bonds is 4. The fourth-order valence-corrected chi connectivity index (χ4v) is 1.81. The van der Waals surface area contributed by atoms with Gasteiger partial charge in [0, 0.05) is 12.6 Å². The van der Waals surface area contributed by atoms with Gasteiger partial charge in [0.15, 0.2) is 5.78 Å². The molecule has 0 aliphatic heterocycles. The summed E-state index contributed by atoms with van der Waals surface area (Å²) < 4.78 is 0. The van der Waals surface area contributed by atoms with Gasteiger partial charge in [0.1, 0.15) is 0 Å². The average Bonchev–Trinajstić information content (AvgIpc) is 2.66. The van der Waals surface area contributed by atoms with E-state index in [4.69, 9.17) is 5.73 Å². The lowest BCUT2D eigenvalue weighted by Gasteiger charge is -2.09. The van der Waals surface area contributed by atoms with E-state index in [-0.39, 0.29) is 30.1 Å². The van der Waals surface area contributed by atoms with E-state index in [1.54, 1.807) is 12.1 Å². The number of thiophene rings is 1. The number of carbonyl (C=O) groups excluding carboxylic acids is 2. The van der Waals surface area contributed by atoms with Crippen molar-refractivity contribution in [3.63, 3.8) is 0 Å². The minimum atomic E-state index is -0.176. The molecule has 16 heavy (non-hydrogen) atoms. The highest BCUT2D eigenvalue weighted by molar-refractivity contribution is 7.15. The first-order valence-electron chi connectivity index (χ1n) is 4.66. The highest BCUT2D eigenvalue weighted by atomic mass is 35.5. The summed E-state index contributed by atoms with van der Waals surface area (Å²) in [4.78, 5) is 23.7. The molecule has 1 heterocycles. The van der Waals surface area contributed by atoms with Crippen LogP contribution in [-0.2, 0) is 0 Å². The van der Waals surface area contributed by atoms with Gasteiger partial charge in [-0.1, -0.05) is 0 Å². The summed E-state index contributed by atoms with van der Waals surface area (Å²) in [5.74, 6) is -0.198. The zero-order valence-electron chi connectivity index (χ0n) is 9.15. The molecule has 0 radical (unpaired) electrons. The van der Waals surface area contributed by atoms with Gasteiger partial charge in [0.05, 0.1) is 9.75 Å². The van der Waals surface area contributed by atoms with Gasteiger partial charge in [-0.05, 0) is 26.0 Å². The lowest BCUT2D eigenvalue weighted by Crippen LogP contribution is -2.37. The molecule has 0 spiro atoms. The third kappa shape index (κ3) is 3.92. The Bertz CT molecular complexity index is 379. The van der Waals surface area contributed by atoms with E-state index in [0.717, 1.165) is 0 Å². The van der Waals surface area contributed by atoms with E-state index in [1.165, 1.54) is 18.3 Å². The highest BCUT2D eigenvalue weighted by Crippen LogP contribution is 2.16. The fourth-order valence-electron chi connectivity index (χ4n) is 1.00. The van der Waals surface area contributed by atoms with E-state index in [9.17, 15) is 9.59 Å². The molecule has 90 valence electrons. The summed E-state index contributed by atoms with van der Waals surface area (Å²) in [7, 11) is 0. The maximum Gasteiger partial charge on any atom is 0.261 e. The Balaban J connectivity index is 0.00000225. The number of amides is 1. The van der Waals surface area contributed by atoms with Crippen LogP contribution >= 0.6 is 23.7 Å². The third-order valence-corrected chi connectivity index (χ3v) is 3.09. The molecule has 1 aromatic heterocycles. The molecule has 0 aliphatic carbocycles. The van der Waals surface area contributed by atoms with E-state index < -0.39 is 0 Å². The lowest BCUT2D eigenvalue weighted by atomic mass is 10.3. The second kappa shape index (κ2) is 6.62. The predicted octanol–water partition coefficient (Wildman–Crippen LogP) is 1.45. The summed E-state index contributed by atoms with van der Waals surface area (Å²) in [6.07, 6.45) is 0. The molecule has 0 unspecified atom stereocenters. The number of nitrogens with two attached hydrogens (primary N) is 1. The van der Waals surface area contributed by atoms with Crippen LogP contribution < -0.4 is 11.1 Å². The molecule has 0 aromatic carbocycles. The molecule has 0 bridgehead atoms. The van der Waals surface area contributed by atoms with Crippen LogP contribution in [0.4, 0.5) is 0 Å². The molecule has 4 nitrogen and oxygen atoms in total. The lowest BCUT2D eigenvalue weighted by molar-refractivity contribution is 0.0944. The molecular formula is C10H15ClN2O2S. The summed E-state index contributed by atoms with van der Waals surface area (Å²) >= 11 is 1.20. The van der Waals surface area contributed by atoms with Crippen LogP contribution in [0.25, 0.3) is 0 Å². The van der Waals surface area contributed by atoms with Crippen LogP contribution in [0.2, 0.25) is 0 Å². The first kappa shape index (κ1) is 15.1. The van der Waals surface area contributed by atoms with Gasteiger partial charge in [-0.3, -0.25) is 9.59 Å². The second-order valence-corrected chi connectivity index (χ2v) is 4.41. The van der Waals surface area contributed by atoms with Crippen molar-refractivity contribution in [1.29, 1.82) is 0 Å². The van der Waals surface area contributed by atoms with Gasteiger partial charge in [-0.15, -0.1) is 23.7 Å². The Morgan fingerprint density at radius 2 is 2.00 bits per heavy atom. The zero-order valence-corrected chi connectivity index (χ0v) is 10.8. The number of nitrogens with one attached hydrogen (secondary N) is 1. The van der Waals surface area contributed by atoms with Gasteiger partial charge in [0.2, 0.25) is 0 Å². The van der Waals surface area contributed by atoms with Crippen LogP contribution in [-0.4, -0.2) is 24.3 Å². The highest BCUT2D eigenvalue weighted by Gasteiger charge is 2.12. The number of hydrogen-bond acceptors (Lipinski definition) is 4. The zero-order chi connectivity index (χ0) is 11.4. The Kier molecular flexibility index (Phi) is 6.25. The molecule has 0 aliphatic rings. The molecule has 1 aromatic rings. The normalized spacial score (nSPS) is 11.4. The largest absolute Gasteiger partial charge is 0.348 e. The number of carbonyl (C=O) groups is 2. The van der Waals surface area contributed by atoms with Gasteiger partial charge < -0.3 is 11.1 Å². The number of ketones is 1. The maximum absolute atomic E-state index is 11.6. The quantitative estimate of drug-likeness (QED) is 0.807. The maximum atomic E-state index is 11.6. The van der Waals surface area contributed by atoms with Crippen LogP contribution in [0.3, 0.4) is 0 Å². The Morgan fingerprint density at radius 3 is 2.44 bits per heavy atom. The molecule has 0 saturated carbocycles. The minimum Gasteiger partial charge on any atom is -0.348 e. The van der Waals surface area contributed by atoms with Crippen LogP contribution in [0.15, 0.2) is 12.1 Å². The van der Waals surface area contributed by atoms with Crippen molar-refractivity contribution >= 4 is 35.4 Å². The SMILES string of the molecule is CC(=O)c1ccc(C(=O)N[C@@H](C)CN)s1.Cl. The van der Waals surface area contributed by atoms with Gasteiger partial charge in [0.25, 0.3) is 5.91 Å². The van der Waals surface area contributed by atoms with Crippen LogP contribution in [0.1, 0.15) is 33.2 Å². The number of halogens is 1. The van der Waals surface area contributed by atoms with Gasteiger partial charge >= 0.3 is 0 Å². The molecule has 1 amide bonds. The van der Waals surface area contributed by atoms with E-state index in [2.05, 4.69) is 5.32 Å². The summed E-state index contributed by atoms with van der Waals surface area (Å²) in [6, 6.07) is 3.26. The Hall–Kier alpha value is -0.910. The summed E-state index contributed by atoms with van der Waals surface area (Å²) in [6.45, 7) is 3.71. The van der Waals surface area contributed by atoms with E-state index >= 15 is 0 Å². The van der Waals surface area contributed by atoms with Crippen molar-refractivity contribution in [2.45, 2.75) is 19.9 Å². The smallest absolute Gasteiger partial charge is 0.261 e. The standard InChI is InChI=1S/C10H14N2O2S.ClH/c1-6(5-11)12-10(14)9-4-3-8(15-9)7(2)13;/h3-4,6H,5,11H2,1-2H3,(H,12,14);1H/t6-;/m0./s1. The predicted molar refractivity (Wildman–Crippen MR) is 67.6 cm³/mol. The van der Waals surface area contributed by atoms with Gasteiger partial charge in [-0.2, -0.15) is 0 Å². The Morgan fingerprint density at radius 1 is 1.44 bits per heavy atom. The molecule has 0 fully saturated rings. The topological polar surface area (TPSA) is 72.2 Å². The number of hydrogen-bond donors (Lipinski definition) is 2. The van der Waals surface area contributed by atoms with E-state index in [1.807, 2.05) is 6.92 Å². The first-order valence-corrected chi connectivity index (χ1v) is 5.48. The fraction of sp³-hybridized carbons (Fsp3) is 0.400. The summed E-state index contributed by atoms with van der Waals surface area (Å²) in [5.41, 5.74) is 5.39. The first-order chi connectivity index (χ1) is 7.04. The minimum absolute atomic E-state index is 0. The molecule has 1 atom stereocenters. The monoisotopic (exact) mass is 262 g/mol.